The van der Waals surface area contributed by atoms with Crippen molar-refractivity contribution < 1.29 is 64.8 Å². The molecule has 0 spiro atoms. The Morgan fingerprint density at radius 1 is 0.411 bits per heavy atom. The van der Waals surface area contributed by atoms with Gasteiger partial charge in [-0.1, -0.05) is 196 Å². The van der Waals surface area contributed by atoms with Gasteiger partial charge in [0.15, 0.2) is 0 Å². The number of carbonyl (C=O) groups excluding carboxylic acids is 4. The molecule has 1 aromatic carbocycles. The summed E-state index contributed by atoms with van der Waals surface area (Å²) in [5, 5.41) is 29.3. The monoisotopic (exact) mass is 1530 g/mol. The van der Waals surface area contributed by atoms with Gasteiger partial charge in [0.05, 0.1) is 139 Å². The Morgan fingerprint density at radius 3 is 1.05 bits per heavy atom. The second-order valence-electron chi connectivity index (χ2n) is 33.8. The third-order valence-corrected chi connectivity index (χ3v) is 19.2. The van der Waals surface area contributed by atoms with Crippen molar-refractivity contribution in [3.05, 3.63) is 97.7 Å². The summed E-state index contributed by atoms with van der Waals surface area (Å²) in [6.45, 7) is 22.5. The van der Waals surface area contributed by atoms with Crippen LogP contribution in [0.4, 0.5) is 0 Å². The van der Waals surface area contributed by atoms with Crippen LogP contribution in [0.5, 0.6) is 0 Å². The Labute approximate surface area is 661 Å². The van der Waals surface area contributed by atoms with Gasteiger partial charge in [0.1, 0.15) is 25.7 Å². The molecule has 1 atom stereocenters. The summed E-state index contributed by atoms with van der Waals surface area (Å²) >= 11 is 0. The molecule has 0 heterocycles. The molecule has 107 heavy (non-hydrogen) atoms. The quantitative estimate of drug-likeness (QED) is 0.0212. The number of benzene rings is 1. The molecular formula is C89H173N8O9S+3. The maximum Gasteiger partial charge on any atom is 0.219 e. The molecule has 3 amide bonds. The Bertz CT molecular complexity index is 2450. The van der Waals surface area contributed by atoms with Crippen LogP contribution >= 0.6 is 0 Å². The summed E-state index contributed by atoms with van der Waals surface area (Å²) in [7, 11) is 21.1. The molecule has 1 unspecified atom stereocenters. The molecule has 0 aromatic heterocycles. The fourth-order valence-electron chi connectivity index (χ4n) is 12.3. The van der Waals surface area contributed by atoms with Crippen LogP contribution in [0.15, 0.2) is 92.1 Å². The molecule has 18 heteroatoms. The maximum absolute atomic E-state index is 11.9. The third-order valence-electron chi connectivity index (χ3n) is 18.4. The molecule has 0 saturated carbocycles. The molecule has 0 aliphatic rings. The van der Waals surface area contributed by atoms with Crippen LogP contribution in [0, 0.1) is 0 Å². The number of aliphatic hydroxyl groups is 1. The number of carboxylic acids is 1. The number of amides is 3. The molecule has 0 fully saturated rings. The third kappa shape index (κ3) is 95.6. The van der Waals surface area contributed by atoms with Gasteiger partial charge in [0, 0.05) is 63.7 Å². The van der Waals surface area contributed by atoms with E-state index in [-0.39, 0.29) is 24.3 Å². The van der Waals surface area contributed by atoms with Crippen LogP contribution in [0.25, 0.3) is 0 Å². The van der Waals surface area contributed by atoms with Crippen molar-refractivity contribution in [3.63, 3.8) is 0 Å². The van der Waals surface area contributed by atoms with Gasteiger partial charge in [0.2, 0.25) is 17.7 Å². The normalized spacial score (nSPS) is 12.3. The lowest BCUT2D eigenvalue weighted by Crippen LogP contribution is -2.49. The van der Waals surface area contributed by atoms with Gasteiger partial charge in [-0.05, 0) is 128 Å². The first-order valence-corrected chi connectivity index (χ1v) is 44.1. The SMILES string of the molecule is C=CCCCCCCCC(=O)NCCC[N+](C)(C)C.C=CCCCCCCCC(=O)NCCC[N+](C)(C)CC(=O)[O-].CC/C=C/CCCCCCCC(=O)NCCC[N+](C)(C)Cc1ccccc1.CC/C=C/CCCCCCCC[N+](C)(C)C.CC/C=C/CCCCCCCC[N+](C)(C)CC(O)CS(=O)(=O)[O-]. The predicted molar refractivity (Wildman–Crippen MR) is 455 cm³/mol. The van der Waals surface area contributed by atoms with Crippen molar-refractivity contribution in [2.45, 2.75) is 297 Å². The van der Waals surface area contributed by atoms with E-state index in [0.29, 0.717) is 47.9 Å². The highest BCUT2D eigenvalue weighted by Gasteiger charge is 2.22. The zero-order valence-electron chi connectivity index (χ0n) is 72.3. The van der Waals surface area contributed by atoms with Crippen LogP contribution in [-0.4, -0.2) is 226 Å². The number of hydrogen-bond donors (Lipinski definition) is 4. The van der Waals surface area contributed by atoms with Crippen molar-refractivity contribution in [2.75, 3.05) is 156 Å². The number of quaternary nitrogens is 5. The van der Waals surface area contributed by atoms with Gasteiger partial charge in [-0.3, -0.25) is 14.4 Å². The average molecular weight is 1530 g/mol. The van der Waals surface area contributed by atoms with Crippen LogP contribution in [0.1, 0.15) is 290 Å². The van der Waals surface area contributed by atoms with Gasteiger partial charge in [-0.25, -0.2) is 8.42 Å². The van der Waals surface area contributed by atoms with Crippen LogP contribution in [0.2, 0.25) is 0 Å². The molecule has 0 aliphatic carbocycles. The second-order valence-corrected chi connectivity index (χ2v) is 35.3. The number of rotatable bonds is 65. The van der Waals surface area contributed by atoms with Crippen molar-refractivity contribution in [1.29, 1.82) is 0 Å². The number of unbranched alkanes of at least 4 members (excludes halogenated alkanes) is 27. The van der Waals surface area contributed by atoms with Gasteiger partial charge < -0.3 is 57.9 Å². The Hall–Kier alpha value is -4.53. The second kappa shape index (κ2) is 73.0. The number of hydrogen-bond acceptors (Lipinski definition) is 9. The molecular weight excluding hydrogens is 1360 g/mol. The standard InChI is InChI=1S/C24H40N2O.C17H32N2O3.C17H35NO4S.C16H32N2O.C15H32N/c1-4-5-6-7-8-9-10-11-15-19-24(27)25-20-16-21-26(2,3)22-23-17-13-12-14-18-23;1-4-5-6-7-8-9-10-12-16(20)18-13-11-14-19(2,3)15-17(21)22;1-4-5-6-7-8-9-10-11-12-13-14-18(2,3)15-17(19)16-23(20,21)22;1-5-6-7-8-9-10-11-13-16(19)17-14-12-15-18(2,3)4;1-5-6-7-8-9-10-11-12-13-14-15-16(2,3)4/h5-6,12-14,17-18H,4,7-11,15-16,19-22H2,1-3H3;4H,1,5-15H2,2-3H3,(H-,18,20,21,22);5-6,17,19H,4,7-16H2,1-3H3;5H,1,6-15H2,2-4H3;6-7H,5,8-15H2,1-4H3/q;;;;+1/p+2/b6-5+;;6-5+;;7-6+. The summed E-state index contributed by atoms with van der Waals surface area (Å²) in [5.74, 6) is -1.21. The van der Waals surface area contributed by atoms with Gasteiger partial charge in [-0.15, -0.1) is 13.2 Å². The number of nitrogens with one attached hydrogen (secondary N) is 3. The zero-order valence-corrected chi connectivity index (χ0v) is 73.1. The van der Waals surface area contributed by atoms with Crippen molar-refractivity contribution in [2.24, 2.45) is 0 Å². The smallest absolute Gasteiger partial charge is 0.219 e. The highest BCUT2D eigenvalue weighted by atomic mass is 32.2. The topological polar surface area (TPSA) is 205 Å². The predicted octanol–water partition coefficient (Wildman–Crippen LogP) is 16.9. The first kappa shape index (κ1) is 109. The molecule has 0 radical (unpaired) electrons. The van der Waals surface area contributed by atoms with E-state index in [2.05, 4.69) is 173 Å². The van der Waals surface area contributed by atoms with E-state index in [9.17, 15) is 42.4 Å². The van der Waals surface area contributed by atoms with Gasteiger partial charge >= 0.3 is 0 Å². The fourth-order valence-corrected chi connectivity index (χ4v) is 12.8. The van der Waals surface area contributed by atoms with E-state index in [0.717, 1.165) is 136 Å². The average Bonchev–Trinajstić information content (AvgIpc) is 0.939. The molecule has 0 saturated heterocycles. The van der Waals surface area contributed by atoms with Crippen molar-refractivity contribution >= 4 is 33.8 Å². The lowest BCUT2D eigenvalue weighted by Gasteiger charge is -2.32. The molecule has 1 aromatic rings. The number of aliphatic carboxylic acids is 1. The number of aliphatic hydroxyl groups excluding tert-OH is 1. The first-order valence-electron chi connectivity index (χ1n) is 42.5. The first-order chi connectivity index (χ1) is 50.6. The van der Waals surface area contributed by atoms with Crippen molar-refractivity contribution in [3.8, 4) is 0 Å². The van der Waals surface area contributed by atoms with Crippen LogP contribution in [-0.2, 0) is 35.8 Å². The summed E-state index contributed by atoms with van der Waals surface area (Å²) in [5.41, 5.74) is 1.37. The van der Waals surface area contributed by atoms with Crippen LogP contribution < -0.4 is 21.1 Å². The van der Waals surface area contributed by atoms with Gasteiger partial charge in [0.25, 0.3) is 0 Å². The highest BCUT2D eigenvalue weighted by Crippen LogP contribution is 2.15. The van der Waals surface area contributed by atoms with Crippen molar-refractivity contribution in [1.82, 2.24) is 16.0 Å². The summed E-state index contributed by atoms with van der Waals surface area (Å²) in [4.78, 5) is 45.7. The molecule has 0 aliphatic heterocycles. The zero-order chi connectivity index (χ0) is 81.3. The highest BCUT2D eigenvalue weighted by molar-refractivity contribution is 7.85. The van der Waals surface area contributed by atoms with E-state index < -0.39 is 27.9 Å². The Kier molecular flexibility index (Phi) is 74.2. The fraction of sp³-hybridized carbons (Fsp3) is 0.775. The molecule has 0 bridgehead atoms. The number of carboxylic acid groups (broad SMARTS) is 1. The minimum absolute atomic E-state index is 0.000198. The number of likely N-dealkylation sites (N-methyl/N-ethyl adjacent to an activating group) is 2. The van der Waals surface area contributed by atoms with E-state index in [1.165, 1.54) is 173 Å². The van der Waals surface area contributed by atoms with E-state index in [1.54, 1.807) is 0 Å². The number of allylic oxidation sites excluding steroid dienone is 8. The van der Waals surface area contributed by atoms with Gasteiger partial charge in [-0.2, -0.15) is 0 Å². The van der Waals surface area contributed by atoms with E-state index in [1.807, 2.05) is 40.3 Å². The van der Waals surface area contributed by atoms with E-state index >= 15 is 0 Å². The Balaban J connectivity index is -0.000000626. The largest absolute Gasteiger partial charge is 0.748 e. The summed E-state index contributed by atoms with van der Waals surface area (Å²) in [6, 6.07) is 10.6. The minimum Gasteiger partial charge on any atom is -0.748 e. The van der Waals surface area contributed by atoms with E-state index in [4.69, 9.17) is 0 Å². The molecule has 626 valence electrons. The molecule has 4 N–H and O–H groups in total. The molecule has 1 rings (SSSR count). The molecule has 17 nitrogen and oxygen atoms in total. The minimum atomic E-state index is -4.35. The number of carbonyl (C=O) groups is 4. The van der Waals surface area contributed by atoms with Crippen LogP contribution in [0.3, 0.4) is 0 Å². The summed E-state index contributed by atoms with van der Waals surface area (Å²) in [6.07, 6.45) is 63.7. The summed E-state index contributed by atoms with van der Waals surface area (Å²) < 4.78 is 35.9. The lowest BCUT2D eigenvalue weighted by atomic mass is 10.1. The maximum atomic E-state index is 11.9. The lowest BCUT2D eigenvalue weighted by molar-refractivity contribution is -0.903. The number of nitrogens with zero attached hydrogens (tertiary/aromatic N) is 5. The Morgan fingerprint density at radius 2 is 0.710 bits per heavy atom.